The quantitative estimate of drug-likeness (QED) is 0.246. The van der Waals surface area contributed by atoms with Gasteiger partial charge in [0, 0.05) is 56.2 Å². The Hall–Kier alpha value is -5.21. The predicted octanol–water partition coefficient (Wildman–Crippen LogP) is 2.23. The first-order chi connectivity index (χ1) is 22.6. The molecule has 0 saturated carbocycles. The number of fused-ring (bicyclic) bond motifs is 2. The number of aromatic nitrogens is 3. The molecule has 0 spiro atoms. The van der Waals surface area contributed by atoms with E-state index in [1.54, 1.807) is 23.2 Å². The minimum Gasteiger partial charge on any atom is -0.483 e. The second-order valence-corrected chi connectivity index (χ2v) is 11.7. The van der Waals surface area contributed by atoms with Crippen LogP contribution in [0.1, 0.15) is 59.9 Å². The number of aromatic amines is 1. The SMILES string of the molecule is CCCCOC(=O)N1CCN(C(=O)[C@H](CCC(=O)O)NC(=O)c2cc(OCC(=O)N3Cc4cn[nH]c4C3)c3ccc(C)cc3n2)CC1. The van der Waals surface area contributed by atoms with Crippen molar-refractivity contribution in [2.24, 2.45) is 0 Å². The molecule has 3 aromatic rings. The summed E-state index contributed by atoms with van der Waals surface area (Å²) in [7, 11) is 0. The maximum Gasteiger partial charge on any atom is 0.409 e. The van der Waals surface area contributed by atoms with Crippen LogP contribution in [0.5, 0.6) is 5.75 Å². The van der Waals surface area contributed by atoms with Gasteiger partial charge in [-0.15, -0.1) is 0 Å². The van der Waals surface area contributed by atoms with Crippen LogP contribution in [-0.2, 0) is 32.2 Å². The van der Waals surface area contributed by atoms with Gasteiger partial charge >= 0.3 is 12.1 Å². The summed E-state index contributed by atoms with van der Waals surface area (Å²) in [5.41, 5.74) is 3.11. The lowest BCUT2D eigenvalue weighted by atomic mass is 10.1. The van der Waals surface area contributed by atoms with E-state index in [-0.39, 0.29) is 63.0 Å². The molecule has 2 aliphatic heterocycles. The van der Waals surface area contributed by atoms with E-state index in [4.69, 9.17) is 9.47 Å². The Morgan fingerprint density at radius 1 is 1.04 bits per heavy atom. The van der Waals surface area contributed by atoms with Gasteiger partial charge < -0.3 is 34.6 Å². The van der Waals surface area contributed by atoms with Crippen LogP contribution < -0.4 is 10.1 Å². The topological polar surface area (TPSA) is 187 Å². The Balaban J connectivity index is 1.28. The minimum absolute atomic E-state index is 0.0551. The molecule has 3 N–H and O–H groups in total. The third kappa shape index (κ3) is 8.15. The number of unbranched alkanes of at least 4 members (excludes halogenated alkanes) is 1. The predicted molar refractivity (Wildman–Crippen MR) is 167 cm³/mol. The Bertz CT molecular complexity index is 1630. The third-order valence-corrected chi connectivity index (χ3v) is 8.20. The molecule has 15 nitrogen and oxygen atoms in total. The number of benzene rings is 1. The van der Waals surface area contributed by atoms with Gasteiger partial charge in [0.15, 0.2) is 6.61 Å². The number of aryl methyl sites for hydroxylation is 1. The molecule has 0 unspecified atom stereocenters. The molecule has 47 heavy (non-hydrogen) atoms. The molecule has 0 radical (unpaired) electrons. The summed E-state index contributed by atoms with van der Waals surface area (Å²) in [6.45, 7) is 5.66. The number of pyridine rings is 1. The zero-order valence-electron chi connectivity index (χ0n) is 26.5. The van der Waals surface area contributed by atoms with Gasteiger partial charge in [-0.05, 0) is 37.5 Å². The van der Waals surface area contributed by atoms with Crippen molar-refractivity contribution in [3.8, 4) is 5.75 Å². The number of hydrogen-bond donors (Lipinski definition) is 3. The van der Waals surface area contributed by atoms with Gasteiger partial charge in [-0.2, -0.15) is 5.10 Å². The molecule has 1 atom stereocenters. The van der Waals surface area contributed by atoms with Crippen LogP contribution >= 0.6 is 0 Å². The van der Waals surface area contributed by atoms with Crippen LogP contribution in [0.15, 0.2) is 30.5 Å². The average Bonchev–Trinajstić information content (AvgIpc) is 3.68. The molecule has 0 bridgehead atoms. The first kappa shape index (κ1) is 33.2. The number of carboxylic acids is 1. The lowest BCUT2D eigenvalue weighted by Crippen LogP contribution is -2.56. The number of aliphatic carboxylic acids is 1. The van der Waals surface area contributed by atoms with Crippen molar-refractivity contribution in [1.82, 2.24) is 35.2 Å². The largest absolute Gasteiger partial charge is 0.483 e. The molecule has 5 rings (SSSR count). The molecule has 0 aliphatic carbocycles. The molecule has 1 aromatic carbocycles. The van der Waals surface area contributed by atoms with Crippen LogP contribution in [0.25, 0.3) is 10.9 Å². The highest BCUT2D eigenvalue weighted by atomic mass is 16.6. The number of rotatable bonds is 12. The number of carbonyl (C=O) groups is 5. The Morgan fingerprint density at radius 3 is 2.53 bits per heavy atom. The molecule has 250 valence electrons. The maximum absolute atomic E-state index is 13.6. The molecular formula is C32H39N7O8. The number of nitrogens with zero attached hydrogens (tertiary/aromatic N) is 5. The molecule has 1 fully saturated rings. The van der Waals surface area contributed by atoms with E-state index in [2.05, 4.69) is 20.5 Å². The maximum atomic E-state index is 13.6. The van der Waals surface area contributed by atoms with Crippen LogP contribution in [0, 0.1) is 6.92 Å². The molecule has 2 aromatic heterocycles. The van der Waals surface area contributed by atoms with Crippen LogP contribution in [0.2, 0.25) is 0 Å². The van der Waals surface area contributed by atoms with Gasteiger partial charge in [0.25, 0.3) is 11.8 Å². The van der Waals surface area contributed by atoms with Gasteiger partial charge in [-0.25, -0.2) is 9.78 Å². The number of H-pyrrole nitrogens is 1. The molecule has 15 heteroatoms. The molecular weight excluding hydrogens is 610 g/mol. The summed E-state index contributed by atoms with van der Waals surface area (Å²) in [6.07, 6.45) is 2.42. The fourth-order valence-corrected chi connectivity index (χ4v) is 5.50. The number of piperazine rings is 1. The highest BCUT2D eigenvalue weighted by Gasteiger charge is 2.32. The second kappa shape index (κ2) is 14.9. The first-order valence-electron chi connectivity index (χ1n) is 15.7. The monoisotopic (exact) mass is 649 g/mol. The molecule has 4 heterocycles. The Labute approximate surface area is 271 Å². The Kier molecular flexibility index (Phi) is 10.5. The van der Waals surface area contributed by atoms with Gasteiger partial charge in [0.1, 0.15) is 17.5 Å². The summed E-state index contributed by atoms with van der Waals surface area (Å²) in [5.74, 6) is -2.24. The van der Waals surface area contributed by atoms with E-state index in [1.165, 1.54) is 15.9 Å². The summed E-state index contributed by atoms with van der Waals surface area (Å²) in [4.78, 5) is 73.0. The van der Waals surface area contributed by atoms with Crippen LogP contribution in [0.4, 0.5) is 4.79 Å². The van der Waals surface area contributed by atoms with E-state index in [9.17, 15) is 29.1 Å². The first-order valence-corrected chi connectivity index (χ1v) is 15.7. The van der Waals surface area contributed by atoms with Gasteiger partial charge in [-0.3, -0.25) is 24.3 Å². The number of carbonyl (C=O) groups excluding carboxylic acids is 4. The van der Waals surface area contributed by atoms with E-state index < -0.39 is 29.9 Å². The smallest absolute Gasteiger partial charge is 0.409 e. The molecule has 2 aliphatic rings. The number of hydrogen-bond acceptors (Lipinski definition) is 9. The molecule has 4 amide bonds. The number of carboxylic acid groups (broad SMARTS) is 1. The van der Waals surface area contributed by atoms with E-state index >= 15 is 0 Å². The number of amides is 4. The summed E-state index contributed by atoms with van der Waals surface area (Å²) < 4.78 is 11.2. The van der Waals surface area contributed by atoms with Crippen molar-refractivity contribution in [2.45, 2.75) is 58.7 Å². The van der Waals surface area contributed by atoms with E-state index in [0.717, 1.165) is 29.7 Å². The lowest BCUT2D eigenvalue weighted by molar-refractivity contribution is -0.138. The zero-order chi connectivity index (χ0) is 33.5. The normalized spacial score (nSPS) is 14.9. The summed E-state index contributed by atoms with van der Waals surface area (Å²) in [6, 6.07) is 5.70. The van der Waals surface area contributed by atoms with Crippen molar-refractivity contribution >= 4 is 40.7 Å². The third-order valence-electron chi connectivity index (χ3n) is 8.20. The van der Waals surface area contributed by atoms with Crippen molar-refractivity contribution < 1.29 is 38.6 Å². The van der Waals surface area contributed by atoms with Crippen LogP contribution in [0.3, 0.4) is 0 Å². The summed E-state index contributed by atoms with van der Waals surface area (Å²) in [5, 5.41) is 19.5. The van der Waals surface area contributed by atoms with Gasteiger partial charge in [0.2, 0.25) is 5.91 Å². The lowest BCUT2D eigenvalue weighted by Gasteiger charge is -2.36. The van der Waals surface area contributed by atoms with Crippen molar-refractivity contribution in [1.29, 1.82) is 0 Å². The minimum atomic E-state index is -1.15. The van der Waals surface area contributed by atoms with Crippen molar-refractivity contribution in [3.05, 3.63) is 53.0 Å². The van der Waals surface area contributed by atoms with E-state index in [1.807, 2.05) is 19.9 Å². The van der Waals surface area contributed by atoms with E-state index in [0.29, 0.717) is 30.6 Å². The Morgan fingerprint density at radius 2 is 1.81 bits per heavy atom. The fraction of sp³-hybridized carbons (Fsp3) is 0.469. The molecule has 1 saturated heterocycles. The van der Waals surface area contributed by atoms with Crippen LogP contribution in [-0.4, -0.2) is 110 Å². The van der Waals surface area contributed by atoms with Crippen molar-refractivity contribution in [2.75, 3.05) is 39.4 Å². The highest BCUT2D eigenvalue weighted by molar-refractivity contribution is 5.99. The highest BCUT2D eigenvalue weighted by Crippen LogP contribution is 2.27. The fourth-order valence-electron chi connectivity index (χ4n) is 5.50. The standard InChI is InChI=1S/C32H39N7O8/c1-3-4-13-46-32(45)38-11-9-37(10-12-38)31(44)23(7-8-29(41)42)35-30(43)25-15-27(22-6-5-20(2)14-24(22)34-25)47-19-28(40)39-17-21-16-33-36-26(21)18-39/h5-6,14-16,23H,3-4,7-13,17-19H2,1-2H3,(H,33,36)(H,35,43)(H,41,42)/t23-/m0/s1. The zero-order valence-corrected chi connectivity index (χ0v) is 26.5. The van der Waals surface area contributed by atoms with Crippen molar-refractivity contribution in [3.63, 3.8) is 0 Å². The second-order valence-electron chi connectivity index (χ2n) is 11.7. The number of ether oxygens (including phenoxy) is 2. The average molecular weight is 650 g/mol. The number of nitrogens with one attached hydrogen (secondary N) is 2. The summed E-state index contributed by atoms with van der Waals surface area (Å²) >= 11 is 0. The van der Waals surface area contributed by atoms with Gasteiger partial charge in [0.05, 0.1) is 30.6 Å². The van der Waals surface area contributed by atoms with Gasteiger partial charge in [-0.1, -0.05) is 19.4 Å².